The monoisotopic (exact) mass is 243 g/mol. The SMILES string of the molecule is C#CCN1CCC(N[C@H](C)c2ccccn2)CC1. The zero-order valence-corrected chi connectivity index (χ0v) is 11.0. The zero-order chi connectivity index (χ0) is 12.8. The molecule has 1 N–H and O–H groups in total. The summed E-state index contributed by atoms with van der Waals surface area (Å²) >= 11 is 0. The number of aromatic nitrogens is 1. The van der Waals surface area contributed by atoms with Crippen molar-refractivity contribution in [3.63, 3.8) is 0 Å². The van der Waals surface area contributed by atoms with Crippen LogP contribution in [0.2, 0.25) is 0 Å². The predicted molar refractivity (Wildman–Crippen MR) is 74.1 cm³/mol. The van der Waals surface area contributed by atoms with Crippen LogP contribution in [0.15, 0.2) is 24.4 Å². The van der Waals surface area contributed by atoms with Crippen molar-refractivity contribution in [1.82, 2.24) is 15.2 Å². The van der Waals surface area contributed by atoms with Crippen molar-refractivity contribution < 1.29 is 0 Å². The Morgan fingerprint density at radius 1 is 1.50 bits per heavy atom. The summed E-state index contributed by atoms with van der Waals surface area (Å²) in [5.41, 5.74) is 1.11. The van der Waals surface area contributed by atoms with Gasteiger partial charge in [0.25, 0.3) is 0 Å². The number of hydrogen-bond acceptors (Lipinski definition) is 3. The summed E-state index contributed by atoms with van der Waals surface area (Å²) < 4.78 is 0. The molecule has 0 amide bonds. The summed E-state index contributed by atoms with van der Waals surface area (Å²) in [6.07, 6.45) is 9.52. The summed E-state index contributed by atoms with van der Waals surface area (Å²) in [7, 11) is 0. The Kier molecular flexibility index (Phi) is 4.74. The fraction of sp³-hybridized carbons (Fsp3) is 0.533. The number of nitrogens with zero attached hydrogens (tertiary/aromatic N) is 2. The van der Waals surface area contributed by atoms with Crippen LogP contribution in [0.25, 0.3) is 0 Å². The average Bonchev–Trinajstić information content (AvgIpc) is 2.42. The second-order valence-electron chi connectivity index (χ2n) is 4.90. The molecule has 1 fully saturated rings. The Hall–Kier alpha value is -1.37. The van der Waals surface area contributed by atoms with Crippen molar-refractivity contribution in [2.45, 2.75) is 31.8 Å². The largest absolute Gasteiger partial charge is 0.306 e. The van der Waals surface area contributed by atoms with Gasteiger partial charge >= 0.3 is 0 Å². The van der Waals surface area contributed by atoms with Crippen molar-refractivity contribution in [2.24, 2.45) is 0 Å². The molecule has 0 radical (unpaired) electrons. The van der Waals surface area contributed by atoms with E-state index >= 15 is 0 Å². The number of rotatable bonds is 4. The molecule has 0 spiro atoms. The first-order valence-electron chi connectivity index (χ1n) is 6.62. The highest BCUT2D eigenvalue weighted by Gasteiger charge is 2.20. The Morgan fingerprint density at radius 3 is 2.89 bits per heavy atom. The normalized spacial score (nSPS) is 19.3. The Bertz CT molecular complexity index is 388. The van der Waals surface area contributed by atoms with Crippen LogP contribution in [0.4, 0.5) is 0 Å². The third-order valence-corrected chi connectivity index (χ3v) is 3.52. The van der Waals surface area contributed by atoms with Crippen LogP contribution in [0.5, 0.6) is 0 Å². The lowest BCUT2D eigenvalue weighted by Gasteiger charge is -2.32. The lowest BCUT2D eigenvalue weighted by atomic mass is 10.0. The van der Waals surface area contributed by atoms with E-state index < -0.39 is 0 Å². The molecule has 0 aliphatic carbocycles. The van der Waals surface area contributed by atoms with Crippen molar-refractivity contribution >= 4 is 0 Å². The molecule has 96 valence electrons. The molecule has 0 unspecified atom stereocenters. The van der Waals surface area contributed by atoms with Gasteiger partial charge in [-0.25, -0.2) is 0 Å². The van der Waals surface area contributed by atoms with Gasteiger partial charge in [0, 0.05) is 31.4 Å². The molecule has 1 aromatic rings. The molecule has 0 saturated carbocycles. The first kappa shape index (κ1) is 13.1. The van der Waals surface area contributed by atoms with E-state index in [2.05, 4.69) is 34.1 Å². The van der Waals surface area contributed by atoms with Gasteiger partial charge in [0.15, 0.2) is 0 Å². The van der Waals surface area contributed by atoms with Crippen molar-refractivity contribution in [3.05, 3.63) is 30.1 Å². The predicted octanol–water partition coefficient (Wildman–Crippen LogP) is 1.83. The van der Waals surface area contributed by atoms with Crippen LogP contribution in [0, 0.1) is 12.3 Å². The van der Waals surface area contributed by atoms with Gasteiger partial charge < -0.3 is 5.32 Å². The van der Waals surface area contributed by atoms with Crippen LogP contribution in [0.3, 0.4) is 0 Å². The van der Waals surface area contributed by atoms with Crippen LogP contribution < -0.4 is 5.32 Å². The maximum absolute atomic E-state index is 5.34. The highest BCUT2D eigenvalue weighted by Crippen LogP contribution is 2.15. The summed E-state index contributed by atoms with van der Waals surface area (Å²) in [4.78, 5) is 6.73. The fourth-order valence-electron chi connectivity index (χ4n) is 2.46. The van der Waals surface area contributed by atoms with E-state index in [-0.39, 0.29) is 0 Å². The summed E-state index contributed by atoms with van der Waals surface area (Å²) in [5, 5.41) is 3.66. The summed E-state index contributed by atoms with van der Waals surface area (Å²) in [5.74, 6) is 2.71. The van der Waals surface area contributed by atoms with E-state index in [0.717, 1.165) is 25.3 Å². The second kappa shape index (κ2) is 6.53. The van der Waals surface area contributed by atoms with Gasteiger partial charge in [-0.1, -0.05) is 12.0 Å². The minimum atomic E-state index is 0.315. The minimum Gasteiger partial charge on any atom is -0.306 e. The van der Waals surface area contributed by atoms with E-state index in [1.807, 2.05) is 18.3 Å². The number of pyridine rings is 1. The molecule has 3 nitrogen and oxygen atoms in total. The first-order chi connectivity index (χ1) is 8.79. The van der Waals surface area contributed by atoms with Gasteiger partial charge in [-0.3, -0.25) is 9.88 Å². The molecule has 3 heteroatoms. The number of terminal acetylenes is 1. The summed E-state index contributed by atoms with van der Waals surface area (Å²) in [6, 6.07) is 6.96. The van der Waals surface area contributed by atoms with Crippen molar-refractivity contribution in [2.75, 3.05) is 19.6 Å². The molecule has 1 aliphatic heterocycles. The van der Waals surface area contributed by atoms with E-state index in [4.69, 9.17) is 6.42 Å². The van der Waals surface area contributed by atoms with E-state index in [0.29, 0.717) is 12.1 Å². The molecule has 2 heterocycles. The molecular formula is C15H21N3. The van der Waals surface area contributed by atoms with Gasteiger partial charge in [-0.05, 0) is 31.9 Å². The molecule has 1 atom stereocenters. The number of piperidine rings is 1. The highest BCUT2D eigenvalue weighted by atomic mass is 15.1. The van der Waals surface area contributed by atoms with Crippen molar-refractivity contribution in [3.8, 4) is 12.3 Å². The van der Waals surface area contributed by atoms with Gasteiger partial charge in [-0.15, -0.1) is 6.42 Å². The van der Waals surface area contributed by atoms with Gasteiger partial charge in [0.2, 0.25) is 0 Å². The molecular weight excluding hydrogens is 222 g/mol. The minimum absolute atomic E-state index is 0.315. The maximum Gasteiger partial charge on any atom is 0.0598 e. The van der Waals surface area contributed by atoms with E-state index in [1.165, 1.54) is 12.8 Å². The fourth-order valence-corrected chi connectivity index (χ4v) is 2.46. The number of hydrogen-bond donors (Lipinski definition) is 1. The Labute approximate surface area is 110 Å². The van der Waals surface area contributed by atoms with Gasteiger partial charge in [0.1, 0.15) is 0 Å². The Balaban J connectivity index is 1.80. The standard InChI is InChI=1S/C15H21N3/c1-3-10-18-11-7-14(8-12-18)17-13(2)15-6-4-5-9-16-15/h1,4-6,9,13-14,17H,7-8,10-12H2,2H3/t13-/m1/s1. The topological polar surface area (TPSA) is 28.2 Å². The van der Waals surface area contributed by atoms with Gasteiger partial charge in [0.05, 0.1) is 12.2 Å². The van der Waals surface area contributed by atoms with Crippen LogP contribution in [0.1, 0.15) is 31.5 Å². The summed E-state index contributed by atoms with van der Waals surface area (Å²) in [6.45, 7) is 5.15. The van der Waals surface area contributed by atoms with E-state index in [9.17, 15) is 0 Å². The second-order valence-corrected chi connectivity index (χ2v) is 4.90. The molecule has 1 aromatic heterocycles. The smallest absolute Gasteiger partial charge is 0.0598 e. The van der Waals surface area contributed by atoms with Crippen LogP contribution in [-0.2, 0) is 0 Å². The van der Waals surface area contributed by atoms with Crippen molar-refractivity contribution in [1.29, 1.82) is 0 Å². The average molecular weight is 243 g/mol. The molecule has 1 saturated heterocycles. The van der Waals surface area contributed by atoms with Crippen LogP contribution >= 0.6 is 0 Å². The third kappa shape index (κ3) is 3.56. The lowest BCUT2D eigenvalue weighted by molar-refractivity contribution is 0.210. The van der Waals surface area contributed by atoms with Crippen LogP contribution in [-0.4, -0.2) is 35.6 Å². The molecule has 18 heavy (non-hydrogen) atoms. The first-order valence-corrected chi connectivity index (χ1v) is 6.62. The Morgan fingerprint density at radius 2 is 2.28 bits per heavy atom. The molecule has 1 aliphatic rings. The quantitative estimate of drug-likeness (QED) is 0.818. The lowest BCUT2D eigenvalue weighted by Crippen LogP contribution is -2.43. The van der Waals surface area contributed by atoms with E-state index in [1.54, 1.807) is 0 Å². The highest BCUT2D eigenvalue weighted by molar-refractivity contribution is 5.08. The maximum atomic E-state index is 5.34. The van der Waals surface area contributed by atoms with Gasteiger partial charge in [-0.2, -0.15) is 0 Å². The molecule has 0 bridgehead atoms. The molecule has 0 aromatic carbocycles. The number of likely N-dealkylation sites (tertiary alicyclic amines) is 1. The molecule has 2 rings (SSSR count). The zero-order valence-electron chi connectivity index (χ0n) is 11.0. The third-order valence-electron chi connectivity index (χ3n) is 3.52. The number of nitrogens with one attached hydrogen (secondary N) is 1.